The average Bonchev–Trinajstić information content (AvgIpc) is 2.90. The van der Waals surface area contributed by atoms with Crippen LogP contribution in [0.25, 0.3) is 0 Å². The molecule has 0 aromatic heterocycles. The zero-order chi connectivity index (χ0) is 8.39. The zero-order valence-electron chi connectivity index (χ0n) is 7.42. The Kier molecular flexibility index (Phi) is 2.33. The Balaban J connectivity index is 1.76. The Labute approximate surface area is 73.3 Å². The van der Waals surface area contributed by atoms with E-state index in [-0.39, 0.29) is 11.9 Å². The number of rotatable bonds is 2. The quantitative estimate of drug-likeness (QED) is 0.591. The van der Waals surface area contributed by atoms with Crippen molar-refractivity contribution in [2.24, 2.45) is 5.92 Å². The fraction of sp³-hybridized carbons (Fsp3) is 0.900. The van der Waals surface area contributed by atoms with Gasteiger partial charge in [-0.25, -0.2) is 0 Å². The van der Waals surface area contributed by atoms with Gasteiger partial charge in [-0.05, 0) is 25.7 Å². The molecule has 0 atom stereocenters. The minimum atomic E-state index is 0.0807. The van der Waals surface area contributed by atoms with Crippen molar-refractivity contribution >= 4 is 5.97 Å². The molecular formula is C10H16O2. The van der Waals surface area contributed by atoms with Crippen LogP contribution in [0.1, 0.15) is 44.9 Å². The predicted octanol–water partition coefficient (Wildman–Crippen LogP) is 2.27. The van der Waals surface area contributed by atoms with Crippen molar-refractivity contribution in [1.82, 2.24) is 0 Å². The van der Waals surface area contributed by atoms with Gasteiger partial charge in [0.2, 0.25) is 0 Å². The van der Waals surface area contributed by atoms with E-state index in [4.69, 9.17) is 4.74 Å². The molecule has 0 aromatic carbocycles. The van der Waals surface area contributed by atoms with Gasteiger partial charge in [-0.1, -0.05) is 19.3 Å². The van der Waals surface area contributed by atoms with Gasteiger partial charge in [-0.15, -0.1) is 0 Å². The summed E-state index contributed by atoms with van der Waals surface area (Å²) in [6.07, 6.45) is 8.33. The molecule has 0 unspecified atom stereocenters. The van der Waals surface area contributed by atoms with Gasteiger partial charge in [0, 0.05) is 0 Å². The van der Waals surface area contributed by atoms with Crippen LogP contribution in [-0.4, -0.2) is 12.1 Å². The molecule has 0 N–H and O–H groups in total. The lowest BCUT2D eigenvalue weighted by Crippen LogP contribution is -2.20. The third-order valence-electron chi connectivity index (χ3n) is 2.75. The van der Waals surface area contributed by atoms with Crippen LogP contribution in [0.2, 0.25) is 0 Å². The van der Waals surface area contributed by atoms with Crippen LogP contribution in [-0.2, 0) is 9.53 Å². The number of carbonyl (C=O) groups excluding carboxylic acids is 1. The van der Waals surface area contributed by atoms with E-state index in [1.54, 1.807) is 0 Å². The van der Waals surface area contributed by atoms with Crippen molar-refractivity contribution in [3.05, 3.63) is 0 Å². The summed E-state index contributed by atoms with van der Waals surface area (Å²) in [5.74, 6) is 0.316. The number of hydrogen-bond donors (Lipinski definition) is 0. The summed E-state index contributed by atoms with van der Waals surface area (Å²) in [7, 11) is 0. The molecule has 2 saturated carbocycles. The van der Waals surface area contributed by atoms with Gasteiger partial charge in [-0.2, -0.15) is 0 Å². The van der Waals surface area contributed by atoms with Gasteiger partial charge in [0.1, 0.15) is 6.10 Å². The Morgan fingerprint density at radius 2 is 1.67 bits per heavy atom. The molecule has 0 radical (unpaired) electrons. The van der Waals surface area contributed by atoms with Crippen molar-refractivity contribution in [3.8, 4) is 0 Å². The molecule has 68 valence electrons. The third-order valence-corrected chi connectivity index (χ3v) is 2.75. The monoisotopic (exact) mass is 168 g/mol. The first-order chi connectivity index (χ1) is 5.86. The summed E-state index contributed by atoms with van der Waals surface area (Å²) in [6, 6.07) is 0. The molecule has 2 aliphatic carbocycles. The maximum atomic E-state index is 11.4. The first-order valence-electron chi connectivity index (χ1n) is 5.07. The number of ether oxygens (including phenoxy) is 1. The summed E-state index contributed by atoms with van der Waals surface area (Å²) in [6.45, 7) is 0. The highest BCUT2D eigenvalue weighted by atomic mass is 16.5. The Hall–Kier alpha value is -0.530. The van der Waals surface area contributed by atoms with Crippen LogP contribution in [0.5, 0.6) is 0 Å². The van der Waals surface area contributed by atoms with Crippen molar-refractivity contribution < 1.29 is 9.53 Å². The van der Waals surface area contributed by atoms with Crippen molar-refractivity contribution in [2.75, 3.05) is 0 Å². The van der Waals surface area contributed by atoms with E-state index >= 15 is 0 Å². The second kappa shape index (κ2) is 3.46. The zero-order valence-corrected chi connectivity index (χ0v) is 7.42. The molecule has 0 aromatic rings. The highest BCUT2D eigenvalue weighted by Crippen LogP contribution is 2.29. The maximum Gasteiger partial charge on any atom is 0.309 e. The lowest BCUT2D eigenvalue weighted by Gasteiger charge is -2.19. The van der Waals surface area contributed by atoms with Crippen LogP contribution >= 0.6 is 0 Å². The standard InChI is InChI=1S/C10H16O2/c11-10(12-9-6-7-9)8-4-2-1-3-5-8/h8-9H,1-7H2. The van der Waals surface area contributed by atoms with Crippen LogP contribution in [0.15, 0.2) is 0 Å². The van der Waals surface area contributed by atoms with Gasteiger partial charge in [0.25, 0.3) is 0 Å². The van der Waals surface area contributed by atoms with Gasteiger partial charge in [-0.3, -0.25) is 4.79 Å². The van der Waals surface area contributed by atoms with Crippen molar-refractivity contribution in [1.29, 1.82) is 0 Å². The molecule has 0 aliphatic heterocycles. The summed E-state index contributed by atoms with van der Waals surface area (Å²) in [5, 5.41) is 0. The number of carbonyl (C=O) groups is 1. The first kappa shape index (κ1) is 8.09. The Morgan fingerprint density at radius 1 is 1.00 bits per heavy atom. The average molecular weight is 168 g/mol. The van der Waals surface area contributed by atoms with Crippen molar-refractivity contribution in [3.63, 3.8) is 0 Å². The molecule has 0 spiro atoms. The van der Waals surface area contributed by atoms with E-state index in [0.717, 1.165) is 25.7 Å². The molecule has 2 nitrogen and oxygen atoms in total. The molecule has 2 fully saturated rings. The highest BCUT2D eigenvalue weighted by Gasteiger charge is 2.30. The molecular weight excluding hydrogens is 152 g/mol. The third kappa shape index (κ3) is 1.99. The maximum absolute atomic E-state index is 11.4. The fourth-order valence-corrected chi connectivity index (χ4v) is 1.78. The summed E-state index contributed by atoms with van der Waals surface area (Å²) in [5.41, 5.74) is 0. The molecule has 12 heavy (non-hydrogen) atoms. The summed E-state index contributed by atoms with van der Waals surface area (Å²) >= 11 is 0. The van der Waals surface area contributed by atoms with E-state index in [0.29, 0.717) is 6.10 Å². The Morgan fingerprint density at radius 3 is 2.25 bits per heavy atom. The normalized spacial score (nSPS) is 25.3. The highest BCUT2D eigenvalue weighted by molar-refractivity contribution is 5.72. The first-order valence-corrected chi connectivity index (χ1v) is 5.07. The smallest absolute Gasteiger partial charge is 0.309 e. The molecule has 0 saturated heterocycles. The largest absolute Gasteiger partial charge is 0.462 e. The second-order valence-corrected chi connectivity index (χ2v) is 3.97. The Bertz CT molecular complexity index is 167. The van der Waals surface area contributed by atoms with Gasteiger partial charge < -0.3 is 4.74 Å². The van der Waals surface area contributed by atoms with E-state index in [2.05, 4.69) is 0 Å². The van der Waals surface area contributed by atoms with E-state index in [1.807, 2.05) is 0 Å². The van der Waals surface area contributed by atoms with Crippen LogP contribution in [0, 0.1) is 5.92 Å². The molecule has 2 aliphatic rings. The number of hydrogen-bond acceptors (Lipinski definition) is 2. The minimum absolute atomic E-state index is 0.0807. The summed E-state index contributed by atoms with van der Waals surface area (Å²) in [4.78, 5) is 11.4. The van der Waals surface area contributed by atoms with Crippen LogP contribution < -0.4 is 0 Å². The van der Waals surface area contributed by atoms with E-state index in [1.165, 1.54) is 19.3 Å². The summed E-state index contributed by atoms with van der Waals surface area (Å²) < 4.78 is 5.26. The molecule has 2 rings (SSSR count). The minimum Gasteiger partial charge on any atom is -0.462 e. The van der Waals surface area contributed by atoms with E-state index in [9.17, 15) is 4.79 Å². The van der Waals surface area contributed by atoms with E-state index < -0.39 is 0 Å². The second-order valence-electron chi connectivity index (χ2n) is 3.97. The fourth-order valence-electron chi connectivity index (χ4n) is 1.78. The predicted molar refractivity (Wildman–Crippen MR) is 45.7 cm³/mol. The molecule has 0 amide bonds. The molecule has 0 bridgehead atoms. The van der Waals surface area contributed by atoms with Crippen LogP contribution in [0.4, 0.5) is 0 Å². The lowest BCUT2D eigenvalue weighted by atomic mass is 9.89. The molecule has 2 heteroatoms. The molecule has 0 heterocycles. The lowest BCUT2D eigenvalue weighted by molar-refractivity contribution is -0.150. The van der Waals surface area contributed by atoms with Gasteiger partial charge in [0.15, 0.2) is 0 Å². The van der Waals surface area contributed by atoms with Gasteiger partial charge >= 0.3 is 5.97 Å². The SMILES string of the molecule is O=C(OC1CC1)C1CCCCC1. The number of esters is 1. The van der Waals surface area contributed by atoms with Crippen LogP contribution in [0.3, 0.4) is 0 Å². The van der Waals surface area contributed by atoms with Gasteiger partial charge in [0.05, 0.1) is 5.92 Å². The topological polar surface area (TPSA) is 26.3 Å². The van der Waals surface area contributed by atoms with Crippen molar-refractivity contribution in [2.45, 2.75) is 51.0 Å².